The molecule has 1 heterocycles. The Morgan fingerprint density at radius 3 is 2.31 bits per heavy atom. The molecule has 152 valence electrons. The molecule has 3 rings (SSSR count). The van der Waals surface area contributed by atoms with Gasteiger partial charge in [-0.2, -0.15) is 0 Å². The Hall–Kier alpha value is -2.64. The first-order valence-electron chi connectivity index (χ1n) is 9.15. The van der Waals surface area contributed by atoms with E-state index in [1.165, 1.54) is 4.90 Å². The number of nitrogens with zero attached hydrogens (tertiary/aromatic N) is 1. The number of benzene rings is 2. The second-order valence-electron chi connectivity index (χ2n) is 6.62. The van der Waals surface area contributed by atoms with Crippen LogP contribution in [0.15, 0.2) is 58.6 Å². The fraction of sp³-hybridized carbons (Fsp3) is 0.273. The molecule has 1 aliphatic heterocycles. The van der Waals surface area contributed by atoms with Crippen LogP contribution >= 0.6 is 15.9 Å². The third kappa shape index (κ3) is 4.36. The van der Waals surface area contributed by atoms with Gasteiger partial charge in [0.05, 0.1) is 18.7 Å². The zero-order chi connectivity index (χ0) is 21.0. The van der Waals surface area contributed by atoms with E-state index in [9.17, 15) is 14.7 Å². The number of aliphatic hydroxyl groups excluding tert-OH is 1. The summed E-state index contributed by atoms with van der Waals surface area (Å²) in [5, 5.41) is 11.0. The van der Waals surface area contributed by atoms with Gasteiger partial charge in [0.2, 0.25) is 0 Å². The van der Waals surface area contributed by atoms with Crippen LogP contribution in [0.4, 0.5) is 0 Å². The number of aliphatic hydroxyl groups is 1. The van der Waals surface area contributed by atoms with Crippen molar-refractivity contribution < 1.29 is 24.2 Å². The second kappa shape index (κ2) is 9.24. The predicted molar refractivity (Wildman–Crippen MR) is 113 cm³/mol. The number of hydrogen-bond donors (Lipinski definition) is 1. The first-order valence-corrected chi connectivity index (χ1v) is 9.94. The van der Waals surface area contributed by atoms with Gasteiger partial charge in [0.1, 0.15) is 11.5 Å². The monoisotopic (exact) mass is 459 g/mol. The van der Waals surface area contributed by atoms with Gasteiger partial charge in [0.15, 0.2) is 0 Å². The topological polar surface area (TPSA) is 76.1 Å². The lowest BCUT2D eigenvalue weighted by Gasteiger charge is -2.25. The zero-order valence-corrected chi connectivity index (χ0v) is 17.8. The largest absolute Gasteiger partial charge is 0.507 e. The Morgan fingerprint density at radius 2 is 1.72 bits per heavy atom. The van der Waals surface area contributed by atoms with Crippen LogP contribution in [-0.2, 0) is 14.3 Å². The van der Waals surface area contributed by atoms with Gasteiger partial charge in [-0.3, -0.25) is 9.59 Å². The van der Waals surface area contributed by atoms with Gasteiger partial charge in [-0.05, 0) is 48.4 Å². The summed E-state index contributed by atoms with van der Waals surface area (Å²) in [5.41, 5.74) is 1.28. The number of halogens is 1. The molecule has 29 heavy (non-hydrogen) atoms. The number of ketones is 1. The molecule has 1 atom stereocenters. The fourth-order valence-corrected chi connectivity index (χ4v) is 3.65. The van der Waals surface area contributed by atoms with Crippen molar-refractivity contribution in [1.29, 1.82) is 0 Å². The molecule has 0 aliphatic carbocycles. The Morgan fingerprint density at radius 1 is 1.07 bits per heavy atom. The van der Waals surface area contributed by atoms with E-state index in [4.69, 9.17) is 9.47 Å². The highest BCUT2D eigenvalue weighted by Gasteiger charge is 2.45. The molecule has 1 aliphatic rings. The first kappa shape index (κ1) is 21.1. The first-order chi connectivity index (χ1) is 14.0. The normalized spacial score (nSPS) is 18.3. The Labute approximate surface area is 177 Å². The maximum Gasteiger partial charge on any atom is 0.295 e. The van der Waals surface area contributed by atoms with Crippen LogP contribution in [-0.4, -0.2) is 49.1 Å². The summed E-state index contributed by atoms with van der Waals surface area (Å²) < 4.78 is 11.1. The lowest BCUT2D eigenvalue weighted by molar-refractivity contribution is -0.140. The standard InChI is InChI=1S/C22H22BrNO5/c1-28-13-3-12-24-19(14-4-8-16(23)9-5-14)18(21(26)22(24)27)20(25)15-6-10-17(29-2)11-7-15/h4-11,19,25H,3,12-13H2,1-2H3/b20-18+/t19-/m0/s1. The molecule has 2 aromatic rings. The van der Waals surface area contributed by atoms with Crippen LogP contribution in [0.1, 0.15) is 23.6 Å². The van der Waals surface area contributed by atoms with E-state index in [0.717, 1.165) is 10.0 Å². The highest BCUT2D eigenvalue weighted by atomic mass is 79.9. The van der Waals surface area contributed by atoms with Crippen LogP contribution in [0.5, 0.6) is 5.75 Å². The molecule has 1 fully saturated rings. The van der Waals surface area contributed by atoms with Gasteiger partial charge in [0.25, 0.3) is 11.7 Å². The van der Waals surface area contributed by atoms with Crippen LogP contribution in [0.3, 0.4) is 0 Å². The van der Waals surface area contributed by atoms with Crippen molar-refractivity contribution in [3.05, 3.63) is 69.7 Å². The number of ether oxygens (including phenoxy) is 2. The van der Waals surface area contributed by atoms with E-state index in [-0.39, 0.29) is 11.3 Å². The van der Waals surface area contributed by atoms with Crippen molar-refractivity contribution in [2.45, 2.75) is 12.5 Å². The van der Waals surface area contributed by atoms with Crippen LogP contribution in [0.25, 0.3) is 5.76 Å². The molecule has 7 heteroatoms. The van der Waals surface area contributed by atoms with Crippen molar-refractivity contribution in [1.82, 2.24) is 4.90 Å². The average Bonchev–Trinajstić information content (AvgIpc) is 2.99. The third-order valence-electron chi connectivity index (χ3n) is 4.84. The van der Waals surface area contributed by atoms with Crippen molar-refractivity contribution in [2.75, 3.05) is 27.4 Å². The van der Waals surface area contributed by atoms with Crippen LogP contribution < -0.4 is 4.74 Å². The van der Waals surface area contributed by atoms with Crippen LogP contribution in [0, 0.1) is 0 Å². The molecule has 0 aromatic heterocycles. The Balaban J connectivity index is 2.09. The minimum atomic E-state index is -0.691. The molecule has 0 radical (unpaired) electrons. The molecule has 1 saturated heterocycles. The fourth-order valence-electron chi connectivity index (χ4n) is 3.39. The molecule has 0 saturated carbocycles. The van der Waals surface area contributed by atoms with Crippen molar-refractivity contribution in [3.63, 3.8) is 0 Å². The summed E-state index contributed by atoms with van der Waals surface area (Å²) in [5.74, 6) is -0.882. The highest BCUT2D eigenvalue weighted by molar-refractivity contribution is 9.10. The van der Waals surface area contributed by atoms with E-state index >= 15 is 0 Å². The zero-order valence-electron chi connectivity index (χ0n) is 16.2. The van der Waals surface area contributed by atoms with E-state index in [1.807, 2.05) is 24.3 Å². The predicted octanol–water partition coefficient (Wildman–Crippen LogP) is 3.92. The molecule has 1 amide bonds. The van der Waals surface area contributed by atoms with Crippen molar-refractivity contribution in [2.24, 2.45) is 0 Å². The number of carbonyl (C=O) groups excluding carboxylic acids is 2. The van der Waals surface area contributed by atoms with Gasteiger partial charge in [-0.25, -0.2) is 0 Å². The van der Waals surface area contributed by atoms with Gasteiger partial charge in [-0.1, -0.05) is 28.1 Å². The van der Waals surface area contributed by atoms with Crippen molar-refractivity contribution >= 4 is 33.4 Å². The molecule has 6 nitrogen and oxygen atoms in total. The summed E-state index contributed by atoms with van der Waals surface area (Å²) in [6, 6.07) is 13.4. The summed E-state index contributed by atoms with van der Waals surface area (Å²) in [6.07, 6.45) is 0.582. The summed E-state index contributed by atoms with van der Waals surface area (Å²) in [4.78, 5) is 27.1. The third-order valence-corrected chi connectivity index (χ3v) is 5.37. The van der Waals surface area contributed by atoms with Crippen LogP contribution in [0.2, 0.25) is 0 Å². The number of amides is 1. The maximum absolute atomic E-state index is 12.9. The SMILES string of the molecule is COCCCN1C(=O)C(=O)/C(=C(/O)c2ccc(OC)cc2)[C@@H]1c1ccc(Br)cc1. The molecule has 0 bridgehead atoms. The number of hydrogen-bond acceptors (Lipinski definition) is 5. The van der Waals surface area contributed by atoms with Gasteiger partial charge in [0, 0.05) is 30.3 Å². The number of Topliss-reactive ketones (excluding diaryl/α,β-unsaturated/α-hetero) is 1. The summed E-state index contributed by atoms with van der Waals surface area (Å²) in [7, 11) is 3.14. The van der Waals surface area contributed by atoms with Gasteiger partial charge in [-0.15, -0.1) is 0 Å². The number of likely N-dealkylation sites (tertiary alicyclic amines) is 1. The summed E-state index contributed by atoms with van der Waals surface area (Å²) >= 11 is 3.40. The molecular formula is C22H22BrNO5. The van der Waals surface area contributed by atoms with E-state index in [2.05, 4.69) is 15.9 Å². The van der Waals surface area contributed by atoms with E-state index in [0.29, 0.717) is 30.9 Å². The average molecular weight is 460 g/mol. The number of methoxy groups -OCH3 is 2. The molecule has 0 spiro atoms. The maximum atomic E-state index is 12.9. The molecule has 2 aromatic carbocycles. The Bertz CT molecular complexity index is 921. The number of carbonyl (C=O) groups is 2. The van der Waals surface area contributed by atoms with E-state index in [1.54, 1.807) is 38.5 Å². The Kier molecular flexibility index (Phi) is 6.71. The second-order valence-corrected chi connectivity index (χ2v) is 7.53. The quantitative estimate of drug-likeness (QED) is 0.294. The minimum absolute atomic E-state index is 0.0832. The molecule has 0 unspecified atom stereocenters. The van der Waals surface area contributed by atoms with Crippen molar-refractivity contribution in [3.8, 4) is 5.75 Å². The summed E-state index contributed by atoms with van der Waals surface area (Å²) in [6.45, 7) is 0.813. The lowest BCUT2D eigenvalue weighted by Crippen LogP contribution is -2.31. The lowest BCUT2D eigenvalue weighted by atomic mass is 9.95. The van der Waals surface area contributed by atoms with E-state index < -0.39 is 17.7 Å². The minimum Gasteiger partial charge on any atom is -0.507 e. The van der Waals surface area contributed by atoms with Gasteiger partial charge >= 0.3 is 0 Å². The highest BCUT2D eigenvalue weighted by Crippen LogP contribution is 2.39. The van der Waals surface area contributed by atoms with Gasteiger partial charge < -0.3 is 19.5 Å². The molecular weight excluding hydrogens is 438 g/mol. The number of rotatable bonds is 7. The molecule has 1 N–H and O–H groups in total. The smallest absolute Gasteiger partial charge is 0.295 e.